The summed E-state index contributed by atoms with van der Waals surface area (Å²) in [7, 11) is 1.62. The number of benzene rings is 1. The summed E-state index contributed by atoms with van der Waals surface area (Å²) in [5.41, 5.74) is 0.0357. The predicted molar refractivity (Wildman–Crippen MR) is 88.8 cm³/mol. The first-order valence-corrected chi connectivity index (χ1v) is 7.80. The summed E-state index contributed by atoms with van der Waals surface area (Å²) in [5.74, 6) is 2.81. The molecule has 1 saturated carbocycles. The van der Waals surface area contributed by atoms with Gasteiger partial charge in [-0.25, -0.2) is 4.79 Å². The molecule has 126 valence electrons. The molecule has 1 aliphatic carbocycles. The Balaban J connectivity index is 1.63. The van der Waals surface area contributed by atoms with Crippen molar-refractivity contribution in [3.05, 3.63) is 58.0 Å². The number of nitro benzene ring substituents is 1. The highest BCUT2D eigenvalue weighted by Gasteiger charge is 2.36. The number of carbonyl (C=O) groups is 1. The molecule has 2 aromatic rings. The Labute approximate surface area is 139 Å². The van der Waals surface area contributed by atoms with Crippen LogP contribution in [0.3, 0.4) is 0 Å². The monoisotopic (exact) mass is 329 g/mol. The maximum atomic E-state index is 12.2. The molecule has 1 aliphatic rings. The molecule has 0 spiro atoms. The number of furan rings is 1. The van der Waals surface area contributed by atoms with E-state index in [1.807, 2.05) is 12.1 Å². The van der Waals surface area contributed by atoms with E-state index in [0.717, 1.165) is 12.2 Å². The van der Waals surface area contributed by atoms with Gasteiger partial charge in [0.15, 0.2) is 0 Å². The van der Waals surface area contributed by atoms with Gasteiger partial charge in [0.25, 0.3) is 5.69 Å². The molecule has 3 rings (SSSR count). The van der Waals surface area contributed by atoms with Gasteiger partial charge < -0.3 is 14.6 Å². The van der Waals surface area contributed by atoms with Crippen molar-refractivity contribution in [2.45, 2.75) is 25.8 Å². The van der Waals surface area contributed by atoms with Gasteiger partial charge in [-0.05, 0) is 30.5 Å². The molecule has 1 heterocycles. The molecule has 1 N–H and O–H groups in total. The van der Waals surface area contributed by atoms with Crippen LogP contribution in [0.2, 0.25) is 0 Å². The summed E-state index contributed by atoms with van der Waals surface area (Å²) in [5, 5.41) is 13.6. The van der Waals surface area contributed by atoms with Crippen LogP contribution in [0.5, 0.6) is 0 Å². The van der Waals surface area contributed by atoms with E-state index in [4.69, 9.17) is 4.42 Å². The van der Waals surface area contributed by atoms with Gasteiger partial charge in [0.05, 0.1) is 11.5 Å². The van der Waals surface area contributed by atoms with Crippen LogP contribution in [-0.2, 0) is 6.54 Å². The SMILES string of the molecule is C[C@H]1C[C@H]1c1ccc(CN(C)C(=O)Nc2ccccc2[N+](=O)[O-])o1. The Bertz CT molecular complexity index is 771. The molecule has 1 fully saturated rings. The molecule has 1 aromatic carbocycles. The minimum atomic E-state index is -0.523. The van der Waals surface area contributed by atoms with E-state index in [0.29, 0.717) is 24.1 Å². The van der Waals surface area contributed by atoms with Crippen LogP contribution < -0.4 is 5.32 Å². The highest BCUT2D eigenvalue weighted by Crippen LogP contribution is 2.47. The van der Waals surface area contributed by atoms with E-state index in [-0.39, 0.29) is 11.4 Å². The first-order chi connectivity index (χ1) is 11.5. The standard InChI is InChI=1S/C17H19N3O4/c1-11-9-13(11)16-8-7-12(24-16)10-19(2)17(21)18-14-5-3-4-6-15(14)20(22)23/h3-8,11,13H,9-10H2,1-2H3,(H,18,21)/t11-,13+/m0/s1. The van der Waals surface area contributed by atoms with E-state index in [2.05, 4.69) is 12.2 Å². The minimum absolute atomic E-state index is 0.137. The number of carbonyl (C=O) groups excluding carboxylic acids is 1. The molecule has 24 heavy (non-hydrogen) atoms. The van der Waals surface area contributed by atoms with Gasteiger partial charge in [0.2, 0.25) is 0 Å². The quantitative estimate of drug-likeness (QED) is 0.664. The Morgan fingerprint density at radius 2 is 2.08 bits per heavy atom. The van der Waals surface area contributed by atoms with Crippen LogP contribution in [0.25, 0.3) is 0 Å². The Kier molecular flexibility index (Phi) is 4.24. The highest BCUT2D eigenvalue weighted by atomic mass is 16.6. The number of nitrogens with one attached hydrogen (secondary N) is 1. The second-order valence-electron chi connectivity index (χ2n) is 6.18. The lowest BCUT2D eigenvalue weighted by molar-refractivity contribution is -0.383. The average molecular weight is 329 g/mol. The summed E-state index contributed by atoms with van der Waals surface area (Å²) in [6.07, 6.45) is 1.14. The molecule has 0 unspecified atom stereocenters. The first kappa shape index (κ1) is 16.0. The van der Waals surface area contributed by atoms with Gasteiger partial charge in [-0.1, -0.05) is 19.1 Å². The summed E-state index contributed by atoms with van der Waals surface area (Å²) in [4.78, 5) is 24.1. The number of rotatable bonds is 5. The van der Waals surface area contributed by atoms with Crippen molar-refractivity contribution in [3.8, 4) is 0 Å². The summed E-state index contributed by atoms with van der Waals surface area (Å²) in [6.45, 7) is 2.48. The zero-order valence-electron chi connectivity index (χ0n) is 13.6. The maximum absolute atomic E-state index is 12.2. The summed E-state index contributed by atoms with van der Waals surface area (Å²) < 4.78 is 5.78. The topological polar surface area (TPSA) is 88.6 Å². The molecule has 1 aromatic heterocycles. The third kappa shape index (κ3) is 3.40. The maximum Gasteiger partial charge on any atom is 0.322 e. The summed E-state index contributed by atoms with van der Waals surface area (Å²) in [6, 6.07) is 9.45. The van der Waals surface area contributed by atoms with Gasteiger partial charge in [-0.15, -0.1) is 0 Å². The smallest absolute Gasteiger partial charge is 0.322 e. The predicted octanol–water partition coefficient (Wildman–Crippen LogP) is 3.98. The second kappa shape index (κ2) is 6.35. The van der Waals surface area contributed by atoms with Crippen molar-refractivity contribution in [1.82, 2.24) is 4.90 Å². The van der Waals surface area contributed by atoms with Crippen molar-refractivity contribution in [3.63, 3.8) is 0 Å². The molecule has 0 saturated heterocycles. The zero-order valence-corrected chi connectivity index (χ0v) is 13.6. The number of amides is 2. The number of hydrogen-bond acceptors (Lipinski definition) is 4. The third-order valence-corrected chi connectivity index (χ3v) is 4.24. The average Bonchev–Trinajstić information content (AvgIpc) is 3.09. The number of urea groups is 1. The van der Waals surface area contributed by atoms with Crippen molar-refractivity contribution in [2.75, 3.05) is 12.4 Å². The molecule has 2 atom stereocenters. The van der Waals surface area contributed by atoms with Crippen LogP contribution in [-0.4, -0.2) is 22.9 Å². The van der Waals surface area contributed by atoms with Crippen LogP contribution >= 0.6 is 0 Å². The Morgan fingerprint density at radius 1 is 1.38 bits per heavy atom. The van der Waals surface area contributed by atoms with Gasteiger partial charge >= 0.3 is 6.03 Å². The number of hydrogen-bond donors (Lipinski definition) is 1. The van der Waals surface area contributed by atoms with Gasteiger partial charge in [-0.3, -0.25) is 10.1 Å². The number of para-hydroxylation sites is 2. The minimum Gasteiger partial charge on any atom is -0.464 e. The van der Waals surface area contributed by atoms with E-state index < -0.39 is 11.0 Å². The fourth-order valence-electron chi connectivity index (χ4n) is 2.65. The molecule has 2 amide bonds. The fraction of sp³-hybridized carbons (Fsp3) is 0.353. The molecular weight excluding hydrogens is 310 g/mol. The van der Waals surface area contributed by atoms with E-state index in [9.17, 15) is 14.9 Å². The molecule has 0 bridgehead atoms. The van der Waals surface area contributed by atoms with Crippen molar-refractivity contribution in [1.29, 1.82) is 0 Å². The van der Waals surface area contributed by atoms with Crippen molar-refractivity contribution < 1.29 is 14.1 Å². The van der Waals surface area contributed by atoms with Gasteiger partial charge in [0, 0.05) is 19.0 Å². The molecular formula is C17H19N3O4. The van der Waals surface area contributed by atoms with E-state index in [1.165, 1.54) is 17.0 Å². The molecule has 7 nitrogen and oxygen atoms in total. The molecule has 7 heteroatoms. The molecule has 0 radical (unpaired) electrons. The van der Waals surface area contributed by atoms with E-state index >= 15 is 0 Å². The van der Waals surface area contributed by atoms with Crippen molar-refractivity contribution in [2.24, 2.45) is 5.92 Å². The third-order valence-electron chi connectivity index (χ3n) is 4.24. The van der Waals surface area contributed by atoms with Crippen LogP contribution in [0.15, 0.2) is 40.8 Å². The van der Waals surface area contributed by atoms with Gasteiger partial charge in [0.1, 0.15) is 17.2 Å². The Morgan fingerprint density at radius 3 is 2.75 bits per heavy atom. The fourth-order valence-corrected chi connectivity index (χ4v) is 2.65. The Hall–Kier alpha value is -2.83. The second-order valence-corrected chi connectivity index (χ2v) is 6.18. The van der Waals surface area contributed by atoms with Gasteiger partial charge in [-0.2, -0.15) is 0 Å². The number of nitrogens with zero attached hydrogens (tertiary/aromatic N) is 2. The summed E-state index contributed by atoms with van der Waals surface area (Å²) >= 11 is 0. The van der Waals surface area contributed by atoms with Crippen LogP contribution in [0, 0.1) is 16.0 Å². The van der Waals surface area contributed by atoms with Crippen molar-refractivity contribution >= 4 is 17.4 Å². The lowest BCUT2D eigenvalue weighted by atomic mass is 10.2. The van der Waals surface area contributed by atoms with Crippen LogP contribution in [0.1, 0.15) is 30.8 Å². The highest BCUT2D eigenvalue weighted by molar-refractivity contribution is 5.91. The molecule has 0 aliphatic heterocycles. The van der Waals surface area contributed by atoms with Crippen LogP contribution in [0.4, 0.5) is 16.2 Å². The lowest BCUT2D eigenvalue weighted by Crippen LogP contribution is -2.30. The number of anilines is 1. The largest absolute Gasteiger partial charge is 0.464 e. The lowest BCUT2D eigenvalue weighted by Gasteiger charge is -2.16. The normalized spacial score (nSPS) is 18.9. The number of nitro groups is 1. The first-order valence-electron chi connectivity index (χ1n) is 7.80. The zero-order chi connectivity index (χ0) is 17.3. The van der Waals surface area contributed by atoms with E-state index in [1.54, 1.807) is 19.2 Å².